The number of amides is 2. The molecule has 0 saturated carbocycles. The van der Waals surface area contributed by atoms with Gasteiger partial charge in [-0.05, 0) is 30.3 Å². The normalized spacial score (nSPS) is 14.4. The second-order valence-electron chi connectivity index (χ2n) is 6.58. The number of benzene rings is 1. The molecule has 0 bridgehead atoms. The van der Waals surface area contributed by atoms with Crippen molar-refractivity contribution >= 4 is 23.4 Å². The number of halogens is 1. The van der Waals surface area contributed by atoms with Crippen molar-refractivity contribution in [2.75, 3.05) is 26.2 Å². The average molecular weight is 399 g/mol. The predicted molar refractivity (Wildman–Crippen MR) is 104 cm³/mol. The SMILES string of the molecule is CC(=O)N1CCN(C(=O)c2cc(-c3ccco3)n(-c3cccc(Cl)c3)n2)CC1. The van der Waals surface area contributed by atoms with Gasteiger partial charge in [0, 0.05) is 44.2 Å². The second kappa shape index (κ2) is 7.52. The van der Waals surface area contributed by atoms with Crippen molar-refractivity contribution in [2.45, 2.75) is 6.92 Å². The van der Waals surface area contributed by atoms with E-state index in [-0.39, 0.29) is 11.8 Å². The maximum absolute atomic E-state index is 13.0. The Bertz CT molecular complexity index is 1000. The predicted octanol–water partition coefficient (Wildman–Crippen LogP) is 3.09. The lowest BCUT2D eigenvalue weighted by molar-refractivity contribution is -0.130. The zero-order valence-corrected chi connectivity index (χ0v) is 16.1. The number of furan rings is 1. The monoisotopic (exact) mass is 398 g/mol. The topological polar surface area (TPSA) is 71.6 Å². The number of hydrogen-bond donors (Lipinski definition) is 0. The van der Waals surface area contributed by atoms with Gasteiger partial charge in [-0.25, -0.2) is 4.68 Å². The van der Waals surface area contributed by atoms with Crippen LogP contribution in [0.3, 0.4) is 0 Å². The van der Waals surface area contributed by atoms with Crippen LogP contribution in [0.5, 0.6) is 0 Å². The Labute approximate surface area is 167 Å². The van der Waals surface area contributed by atoms with Crippen LogP contribution in [0, 0.1) is 0 Å². The summed E-state index contributed by atoms with van der Waals surface area (Å²) in [7, 11) is 0. The molecule has 0 spiro atoms. The van der Waals surface area contributed by atoms with Crippen molar-refractivity contribution in [1.29, 1.82) is 0 Å². The zero-order valence-electron chi connectivity index (χ0n) is 15.3. The maximum Gasteiger partial charge on any atom is 0.274 e. The summed E-state index contributed by atoms with van der Waals surface area (Å²) in [6.07, 6.45) is 1.58. The fourth-order valence-electron chi connectivity index (χ4n) is 3.28. The minimum absolute atomic E-state index is 0.0254. The molecule has 1 fully saturated rings. The van der Waals surface area contributed by atoms with Crippen LogP contribution in [0.25, 0.3) is 17.1 Å². The molecule has 0 N–H and O–H groups in total. The van der Waals surface area contributed by atoms with Crippen LogP contribution in [-0.2, 0) is 4.79 Å². The number of nitrogens with zero attached hydrogens (tertiary/aromatic N) is 4. The second-order valence-corrected chi connectivity index (χ2v) is 7.02. The standard InChI is InChI=1S/C20H19ClN4O3/c1-14(26)23-7-9-24(10-8-23)20(27)17-13-18(19-6-3-11-28-19)25(22-17)16-5-2-4-15(21)12-16/h2-6,11-13H,7-10H2,1H3. The van der Waals surface area contributed by atoms with Crippen molar-refractivity contribution in [3.63, 3.8) is 0 Å². The Morgan fingerprint density at radius 3 is 2.43 bits per heavy atom. The Kier molecular flexibility index (Phi) is 4.92. The fraction of sp³-hybridized carbons (Fsp3) is 0.250. The van der Waals surface area contributed by atoms with Crippen molar-refractivity contribution in [3.05, 3.63) is 59.4 Å². The maximum atomic E-state index is 13.0. The fourth-order valence-corrected chi connectivity index (χ4v) is 3.46. The highest BCUT2D eigenvalue weighted by atomic mass is 35.5. The molecule has 0 atom stereocenters. The van der Waals surface area contributed by atoms with Gasteiger partial charge in [-0.1, -0.05) is 17.7 Å². The van der Waals surface area contributed by atoms with Gasteiger partial charge in [0.25, 0.3) is 5.91 Å². The molecule has 1 saturated heterocycles. The molecular weight excluding hydrogens is 380 g/mol. The van der Waals surface area contributed by atoms with Gasteiger partial charge < -0.3 is 14.2 Å². The van der Waals surface area contributed by atoms with Gasteiger partial charge in [0.15, 0.2) is 11.5 Å². The van der Waals surface area contributed by atoms with E-state index in [1.165, 1.54) is 0 Å². The smallest absolute Gasteiger partial charge is 0.274 e. The highest BCUT2D eigenvalue weighted by molar-refractivity contribution is 6.30. The number of piperazine rings is 1. The molecule has 7 nitrogen and oxygen atoms in total. The van der Waals surface area contributed by atoms with Gasteiger partial charge in [0.05, 0.1) is 12.0 Å². The summed E-state index contributed by atoms with van der Waals surface area (Å²) in [4.78, 5) is 28.0. The number of rotatable bonds is 3. The van der Waals surface area contributed by atoms with Crippen molar-refractivity contribution < 1.29 is 14.0 Å². The number of aromatic nitrogens is 2. The van der Waals surface area contributed by atoms with Crippen LogP contribution < -0.4 is 0 Å². The summed E-state index contributed by atoms with van der Waals surface area (Å²) >= 11 is 6.13. The lowest BCUT2D eigenvalue weighted by Gasteiger charge is -2.33. The van der Waals surface area contributed by atoms with Crippen LogP contribution in [0.4, 0.5) is 0 Å². The quantitative estimate of drug-likeness (QED) is 0.679. The molecule has 0 unspecified atom stereocenters. The van der Waals surface area contributed by atoms with Gasteiger partial charge in [-0.15, -0.1) is 0 Å². The number of carbonyl (C=O) groups excluding carboxylic acids is 2. The third-order valence-electron chi connectivity index (χ3n) is 4.77. The van der Waals surface area contributed by atoms with Crippen molar-refractivity contribution in [2.24, 2.45) is 0 Å². The molecule has 1 aliphatic rings. The van der Waals surface area contributed by atoms with Crippen LogP contribution >= 0.6 is 11.6 Å². The molecule has 2 aromatic heterocycles. The molecule has 2 amide bonds. The summed E-state index contributed by atoms with van der Waals surface area (Å²) in [5, 5.41) is 5.11. The molecule has 1 aliphatic heterocycles. The van der Waals surface area contributed by atoms with E-state index >= 15 is 0 Å². The van der Waals surface area contributed by atoms with Gasteiger partial charge in [-0.3, -0.25) is 9.59 Å². The molecule has 3 heterocycles. The lowest BCUT2D eigenvalue weighted by Crippen LogP contribution is -2.50. The Morgan fingerprint density at radius 2 is 1.79 bits per heavy atom. The molecule has 3 aromatic rings. The van der Waals surface area contributed by atoms with Crippen molar-refractivity contribution in [1.82, 2.24) is 19.6 Å². The summed E-state index contributed by atoms with van der Waals surface area (Å²) in [5.41, 5.74) is 1.72. The van der Waals surface area contributed by atoms with Gasteiger partial charge >= 0.3 is 0 Å². The minimum Gasteiger partial charge on any atom is -0.463 e. The van der Waals surface area contributed by atoms with E-state index in [0.29, 0.717) is 48.3 Å². The van der Waals surface area contributed by atoms with E-state index in [1.807, 2.05) is 18.2 Å². The Balaban J connectivity index is 1.66. The molecule has 0 aliphatic carbocycles. The molecule has 1 aromatic carbocycles. The van der Waals surface area contributed by atoms with Crippen LogP contribution in [0.15, 0.2) is 53.1 Å². The van der Waals surface area contributed by atoms with E-state index < -0.39 is 0 Å². The lowest BCUT2D eigenvalue weighted by atomic mass is 10.2. The summed E-state index contributed by atoms with van der Waals surface area (Å²) < 4.78 is 7.18. The summed E-state index contributed by atoms with van der Waals surface area (Å²) in [6.45, 7) is 3.57. The first kappa shape index (κ1) is 18.3. The molecule has 0 radical (unpaired) electrons. The minimum atomic E-state index is -0.170. The first-order valence-electron chi connectivity index (χ1n) is 8.97. The third-order valence-corrected chi connectivity index (χ3v) is 5.00. The molecule has 144 valence electrons. The average Bonchev–Trinajstić information content (AvgIpc) is 3.37. The highest BCUT2D eigenvalue weighted by Gasteiger charge is 2.26. The van der Waals surface area contributed by atoms with Gasteiger partial charge in [-0.2, -0.15) is 5.10 Å². The van der Waals surface area contributed by atoms with E-state index in [4.69, 9.17) is 16.0 Å². The van der Waals surface area contributed by atoms with E-state index in [0.717, 1.165) is 5.69 Å². The van der Waals surface area contributed by atoms with Crippen LogP contribution in [-0.4, -0.2) is 57.6 Å². The Hall–Kier alpha value is -3.06. The zero-order chi connectivity index (χ0) is 19.7. The largest absolute Gasteiger partial charge is 0.463 e. The first-order chi connectivity index (χ1) is 13.5. The summed E-state index contributed by atoms with van der Waals surface area (Å²) in [6, 6.07) is 12.6. The number of carbonyl (C=O) groups is 2. The molecule has 8 heteroatoms. The third kappa shape index (κ3) is 3.53. The summed E-state index contributed by atoms with van der Waals surface area (Å²) in [5.74, 6) is 0.460. The first-order valence-corrected chi connectivity index (χ1v) is 9.35. The highest BCUT2D eigenvalue weighted by Crippen LogP contribution is 2.26. The Morgan fingerprint density at radius 1 is 1.04 bits per heavy atom. The molecule has 4 rings (SSSR count). The van der Waals surface area contributed by atoms with E-state index in [1.54, 1.807) is 51.9 Å². The number of hydrogen-bond acceptors (Lipinski definition) is 4. The van der Waals surface area contributed by atoms with Gasteiger partial charge in [0.1, 0.15) is 5.69 Å². The van der Waals surface area contributed by atoms with E-state index in [2.05, 4.69) is 5.10 Å². The van der Waals surface area contributed by atoms with E-state index in [9.17, 15) is 9.59 Å². The van der Waals surface area contributed by atoms with Crippen LogP contribution in [0.1, 0.15) is 17.4 Å². The van der Waals surface area contributed by atoms with Crippen LogP contribution in [0.2, 0.25) is 5.02 Å². The van der Waals surface area contributed by atoms with Crippen molar-refractivity contribution in [3.8, 4) is 17.1 Å². The molecular formula is C20H19ClN4O3. The van der Waals surface area contributed by atoms with Gasteiger partial charge in [0.2, 0.25) is 5.91 Å². The molecule has 28 heavy (non-hydrogen) atoms.